The highest BCUT2D eigenvalue weighted by molar-refractivity contribution is 6.34. The van der Waals surface area contributed by atoms with Crippen LogP contribution in [0.5, 0.6) is 0 Å². The van der Waals surface area contributed by atoms with Gasteiger partial charge < -0.3 is 15.3 Å². The Morgan fingerprint density at radius 3 is 2.38 bits per heavy atom. The van der Waals surface area contributed by atoms with Crippen LogP contribution >= 0.6 is 23.2 Å². The third-order valence-corrected chi connectivity index (χ3v) is 3.36. The fraction of sp³-hybridized carbons (Fsp3) is 0.429. The first-order valence-corrected chi connectivity index (χ1v) is 7.22. The van der Waals surface area contributed by atoms with Crippen LogP contribution in [0.25, 0.3) is 0 Å². The predicted octanol–water partition coefficient (Wildman–Crippen LogP) is 2.90. The SMILES string of the molecule is CC(CN(C)C(=O)NCCc1cc(Cl)cc(Cl)c1)C(=O)O. The van der Waals surface area contributed by atoms with E-state index in [2.05, 4.69) is 5.32 Å². The standard InChI is InChI=1S/C14H18Cl2N2O3/c1-9(13(19)20)8-18(2)14(21)17-4-3-10-5-11(15)7-12(16)6-10/h5-7,9H,3-4,8H2,1-2H3,(H,17,21)(H,19,20). The zero-order valence-electron chi connectivity index (χ0n) is 11.9. The van der Waals surface area contributed by atoms with Crippen molar-refractivity contribution in [3.05, 3.63) is 33.8 Å². The van der Waals surface area contributed by atoms with Gasteiger partial charge in [0.2, 0.25) is 0 Å². The number of carboxylic acid groups (broad SMARTS) is 1. The van der Waals surface area contributed by atoms with E-state index in [4.69, 9.17) is 28.3 Å². The molecule has 2 N–H and O–H groups in total. The minimum absolute atomic E-state index is 0.157. The van der Waals surface area contributed by atoms with Crippen LogP contribution in [0.4, 0.5) is 4.79 Å². The van der Waals surface area contributed by atoms with Gasteiger partial charge in [-0.3, -0.25) is 4.79 Å². The lowest BCUT2D eigenvalue weighted by atomic mass is 10.1. The quantitative estimate of drug-likeness (QED) is 0.841. The number of urea groups is 1. The molecule has 0 bridgehead atoms. The van der Waals surface area contributed by atoms with Gasteiger partial charge >= 0.3 is 12.0 Å². The summed E-state index contributed by atoms with van der Waals surface area (Å²) in [6.07, 6.45) is 0.592. The van der Waals surface area contributed by atoms with Crippen LogP contribution in [-0.4, -0.2) is 42.1 Å². The average molecular weight is 333 g/mol. The molecule has 7 heteroatoms. The van der Waals surface area contributed by atoms with Gasteiger partial charge in [-0.2, -0.15) is 0 Å². The largest absolute Gasteiger partial charge is 0.481 e. The maximum Gasteiger partial charge on any atom is 0.317 e. The number of aliphatic carboxylic acids is 1. The Morgan fingerprint density at radius 2 is 1.86 bits per heavy atom. The monoisotopic (exact) mass is 332 g/mol. The van der Waals surface area contributed by atoms with Crippen LogP contribution in [0.2, 0.25) is 10.0 Å². The second-order valence-corrected chi connectivity index (χ2v) is 5.75. The van der Waals surface area contributed by atoms with Gasteiger partial charge in [-0.05, 0) is 30.2 Å². The summed E-state index contributed by atoms with van der Waals surface area (Å²) in [5, 5.41) is 12.6. The molecule has 1 unspecified atom stereocenters. The van der Waals surface area contributed by atoms with Crippen molar-refractivity contribution in [2.75, 3.05) is 20.1 Å². The molecule has 0 aliphatic rings. The third kappa shape index (κ3) is 6.23. The van der Waals surface area contributed by atoms with Crippen LogP contribution in [0.1, 0.15) is 12.5 Å². The van der Waals surface area contributed by atoms with Crippen molar-refractivity contribution in [3.63, 3.8) is 0 Å². The Labute approximate surface area is 133 Å². The molecule has 1 atom stereocenters. The molecule has 0 radical (unpaired) electrons. The van der Waals surface area contributed by atoms with E-state index in [1.165, 1.54) is 4.90 Å². The number of hydrogen-bond donors (Lipinski definition) is 2. The van der Waals surface area contributed by atoms with E-state index < -0.39 is 11.9 Å². The summed E-state index contributed by atoms with van der Waals surface area (Å²) in [6, 6.07) is 4.91. The van der Waals surface area contributed by atoms with Gasteiger partial charge in [0.15, 0.2) is 0 Å². The van der Waals surface area contributed by atoms with Crippen LogP contribution in [0.15, 0.2) is 18.2 Å². The zero-order valence-corrected chi connectivity index (χ0v) is 13.4. The predicted molar refractivity (Wildman–Crippen MR) is 83.0 cm³/mol. The van der Waals surface area contributed by atoms with E-state index in [9.17, 15) is 9.59 Å². The van der Waals surface area contributed by atoms with Gasteiger partial charge in [0.25, 0.3) is 0 Å². The normalized spacial score (nSPS) is 11.8. The molecule has 21 heavy (non-hydrogen) atoms. The second-order valence-electron chi connectivity index (χ2n) is 4.88. The molecular formula is C14H18Cl2N2O3. The van der Waals surface area contributed by atoms with Crippen molar-refractivity contribution in [2.24, 2.45) is 5.92 Å². The fourth-order valence-corrected chi connectivity index (χ4v) is 2.35. The molecule has 1 aromatic carbocycles. The lowest BCUT2D eigenvalue weighted by Crippen LogP contribution is -2.41. The molecule has 5 nitrogen and oxygen atoms in total. The first-order valence-electron chi connectivity index (χ1n) is 6.46. The summed E-state index contributed by atoms with van der Waals surface area (Å²) in [7, 11) is 1.56. The van der Waals surface area contributed by atoms with Crippen LogP contribution in [0, 0.1) is 5.92 Å². The third-order valence-electron chi connectivity index (χ3n) is 2.93. The van der Waals surface area contributed by atoms with Gasteiger partial charge in [-0.15, -0.1) is 0 Å². The molecule has 1 rings (SSSR count). The summed E-state index contributed by atoms with van der Waals surface area (Å²) in [4.78, 5) is 23.9. The molecule has 0 aromatic heterocycles. The van der Waals surface area contributed by atoms with E-state index in [-0.39, 0.29) is 12.6 Å². The topological polar surface area (TPSA) is 69.6 Å². The lowest BCUT2D eigenvalue weighted by Gasteiger charge is -2.20. The van der Waals surface area contributed by atoms with Crippen molar-refractivity contribution in [1.82, 2.24) is 10.2 Å². The number of carboxylic acids is 1. The van der Waals surface area contributed by atoms with Crippen LogP contribution < -0.4 is 5.32 Å². The molecule has 0 saturated heterocycles. The van der Waals surface area contributed by atoms with E-state index >= 15 is 0 Å². The van der Waals surface area contributed by atoms with E-state index in [0.29, 0.717) is 23.0 Å². The number of benzene rings is 1. The van der Waals surface area contributed by atoms with Gasteiger partial charge in [-0.1, -0.05) is 30.1 Å². The minimum Gasteiger partial charge on any atom is -0.481 e. The Morgan fingerprint density at radius 1 is 1.29 bits per heavy atom. The maximum absolute atomic E-state index is 11.8. The highest BCUT2D eigenvalue weighted by Crippen LogP contribution is 2.19. The van der Waals surface area contributed by atoms with Crippen molar-refractivity contribution < 1.29 is 14.7 Å². The molecule has 0 spiro atoms. The number of carbonyl (C=O) groups is 2. The van der Waals surface area contributed by atoms with Gasteiger partial charge in [0.1, 0.15) is 0 Å². The first kappa shape index (κ1) is 17.6. The first-order chi connectivity index (χ1) is 9.79. The summed E-state index contributed by atoms with van der Waals surface area (Å²) in [5.74, 6) is -1.53. The lowest BCUT2D eigenvalue weighted by molar-refractivity contribution is -0.141. The molecule has 1 aromatic rings. The summed E-state index contributed by atoms with van der Waals surface area (Å²) in [6.45, 7) is 2.13. The highest BCUT2D eigenvalue weighted by atomic mass is 35.5. The number of amides is 2. The molecule has 116 valence electrons. The van der Waals surface area contributed by atoms with Crippen molar-refractivity contribution in [1.29, 1.82) is 0 Å². The molecule has 0 saturated carbocycles. The van der Waals surface area contributed by atoms with E-state index in [1.54, 1.807) is 32.2 Å². The highest BCUT2D eigenvalue weighted by Gasteiger charge is 2.16. The molecule has 2 amide bonds. The zero-order chi connectivity index (χ0) is 16.0. The van der Waals surface area contributed by atoms with Crippen molar-refractivity contribution >= 4 is 35.2 Å². The maximum atomic E-state index is 11.8. The van der Waals surface area contributed by atoms with Gasteiger partial charge in [0, 0.05) is 30.2 Å². The fourth-order valence-electron chi connectivity index (χ4n) is 1.78. The molecule has 0 aliphatic carbocycles. The number of halogens is 2. The summed E-state index contributed by atoms with van der Waals surface area (Å²) >= 11 is 11.8. The molecule has 0 aliphatic heterocycles. The van der Waals surface area contributed by atoms with Crippen molar-refractivity contribution in [2.45, 2.75) is 13.3 Å². The van der Waals surface area contributed by atoms with E-state index in [0.717, 1.165) is 5.56 Å². The minimum atomic E-state index is -0.928. The summed E-state index contributed by atoms with van der Waals surface area (Å²) < 4.78 is 0. The van der Waals surface area contributed by atoms with E-state index in [1.807, 2.05) is 0 Å². The Bertz CT molecular complexity index is 503. The number of carbonyl (C=O) groups excluding carboxylic acids is 1. The number of nitrogens with one attached hydrogen (secondary N) is 1. The summed E-state index contributed by atoms with van der Waals surface area (Å²) in [5.41, 5.74) is 0.925. The second kappa shape index (κ2) is 8.10. The number of rotatable bonds is 6. The average Bonchev–Trinajstić information content (AvgIpc) is 2.37. The number of nitrogens with zero attached hydrogens (tertiary/aromatic N) is 1. The smallest absolute Gasteiger partial charge is 0.317 e. The Hall–Kier alpha value is -1.46. The van der Waals surface area contributed by atoms with Crippen LogP contribution in [0.3, 0.4) is 0 Å². The Kier molecular flexibility index (Phi) is 6.78. The molecular weight excluding hydrogens is 315 g/mol. The number of hydrogen-bond acceptors (Lipinski definition) is 2. The molecule has 0 fully saturated rings. The van der Waals surface area contributed by atoms with Crippen molar-refractivity contribution in [3.8, 4) is 0 Å². The van der Waals surface area contributed by atoms with Crippen LogP contribution in [-0.2, 0) is 11.2 Å². The van der Waals surface area contributed by atoms with Gasteiger partial charge in [0.05, 0.1) is 5.92 Å². The molecule has 0 heterocycles. The van der Waals surface area contributed by atoms with Gasteiger partial charge in [-0.25, -0.2) is 4.79 Å². The Balaban J connectivity index is 2.41.